The summed E-state index contributed by atoms with van der Waals surface area (Å²) in [6, 6.07) is 6.75. The summed E-state index contributed by atoms with van der Waals surface area (Å²) in [4.78, 5) is 13.0. The van der Waals surface area contributed by atoms with Gasteiger partial charge in [0.25, 0.3) is 0 Å². The van der Waals surface area contributed by atoms with Crippen molar-refractivity contribution in [2.24, 2.45) is 5.11 Å². The van der Waals surface area contributed by atoms with E-state index >= 15 is 0 Å². The minimum absolute atomic E-state index is 0.0523. The van der Waals surface area contributed by atoms with Crippen LogP contribution >= 0.6 is 0 Å². The Labute approximate surface area is 116 Å². The highest BCUT2D eigenvalue weighted by molar-refractivity contribution is 5.67. The molecule has 1 aromatic rings. The lowest BCUT2D eigenvalue weighted by Crippen LogP contribution is -2.19. The molecule has 20 heavy (non-hydrogen) atoms. The summed E-state index contributed by atoms with van der Waals surface area (Å²) in [6.07, 6.45) is -1.42. The maximum Gasteiger partial charge on any atom is 0.303 e. The van der Waals surface area contributed by atoms with Gasteiger partial charge in [-0.05, 0) is 29.5 Å². The molecule has 0 aliphatic heterocycles. The van der Waals surface area contributed by atoms with Crippen LogP contribution in [0.3, 0.4) is 0 Å². The van der Waals surface area contributed by atoms with Crippen molar-refractivity contribution >= 4 is 5.97 Å². The SMILES string of the molecule is [N-]=[N+]=NCCC(O)C(O)c1ccc(CCC(=O)O)cc1. The number of carboxylic acid groups (broad SMARTS) is 1. The van der Waals surface area contributed by atoms with E-state index < -0.39 is 18.2 Å². The molecule has 0 aliphatic carbocycles. The van der Waals surface area contributed by atoms with Crippen molar-refractivity contribution in [3.8, 4) is 0 Å². The monoisotopic (exact) mass is 279 g/mol. The molecular weight excluding hydrogens is 262 g/mol. The van der Waals surface area contributed by atoms with Crippen LogP contribution in [0.25, 0.3) is 10.4 Å². The van der Waals surface area contributed by atoms with Gasteiger partial charge in [0.15, 0.2) is 0 Å². The van der Waals surface area contributed by atoms with E-state index in [1.807, 2.05) is 0 Å². The molecule has 1 aromatic carbocycles. The Hall–Kier alpha value is -2.08. The van der Waals surface area contributed by atoms with Crippen LogP contribution in [0.2, 0.25) is 0 Å². The number of rotatable bonds is 8. The first-order valence-corrected chi connectivity index (χ1v) is 6.22. The number of hydrogen-bond acceptors (Lipinski definition) is 4. The van der Waals surface area contributed by atoms with Gasteiger partial charge in [-0.1, -0.05) is 29.4 Å². The quantitative estimate of drug-likeness (QED) is 0.381. The molecule has 7 nitrogen and oxygen atoms in total. The number of aliphatic hydroxyl groups is 2. The Balaban J connectivity index is 2.57. The van der Waals surface area contributed by atoms with Gasteiger partial charge in [-0.25, -0.2) is 0 Å². The molecule has 0 saturated carbocycles. The zero-order valence-corrected chi connectivity index (χ0v) is 10.9. The van der Waals surface area contributed by atoms with Gasteiger partial charge in [0.1, 0.15) is 6.10 Å². The lowest BCUT2D eigenvalue weighted by Gasteiger charge is -2.17. The lowest BCUT2D eigenvalue weighted by atomic mass is 9.99. The fourth-order valence-electron chi connectivity index (χ4n) is 1.75. The largest absolute Gasteiger partial charge is 0.481 e. The predicted octanol–water partition coefficient (Wildman–Crippen LogP) is 1.80. The van der Waals surface area contributed by atoms with Crippen LogP contribution in [0.15, 0.2) is 29.4 Å². The smallest absolute Gasteiger partial charge is 0.303 e. The van der Waals surface area contributed by atoms with E-state index in [1.54, 1.807) is 24.3 Å². The van der Waals surface area contributed by atoms with Crippen molar-refractivity contribution in [3.05, 3.63) is 45.8 Å². The average Bonchev–Trinajstić information content (AvgIpc) is 2.45. The minimum atomic E-state index is -1.06. The molecule has 0 spiro atoms. The molecule has 7 heteroatoms. The molecule has 3 N–H and O–H groups in total. The summed E-state index contributed by atoms with van der Waals surface area (Å²) in [7, 11) is 0. The number of benzene rings is 1. The van der Waals surface area contributed by atoms with Crippen molar-refractivity contribution in [1.29, 1.82) is 0 Å². The van der Waals surface area contributed by atoms with Crippen molar-refractivity contribution in [2.75, 3.05) is 6.54 Å². The number of azide groups is 1. The molecule has 2 unspecified atom stereocenters. The molecular formula is C13H17N3O4. The third-order valence-electron chi connectivity index (χ3n) is 2.90. The number of carbonyl (C=O) groups is 1. The second kappa shape index (κ2) is 8.16. The zero-order chi connectivity index (χ0) is 15.0. The maximum atomic E-state index is 10.5. The number of aryl methyl sites for hydroxylation is 1. The van der Waals surface area contributed by atoms with E-state index in [1.165, 1.54) is 0 Å². The van der Waals surface area contributed by atoms with Gasteiger partial charge in [-0.2, -0.15) is 0 Å². The summed E-state index contributed by atoms with van der Waals surface area (Å²) in [5.41, 5.74) is 9.52. The van der Waals surface area contributed by atoms with E-state index in [2.05, 4.69) is 10.0 Å². The predicted molar refractivity (Wildman–Crippen MR) is 72.0 cm³/mol. The number of aliphatic carboxylic acids is 1. The van der Waals surface area contributed by atoms with Gasteiger partial charge in [0, 0.05) is 17.9 Å². The Bertz CT molecular complexity index is 483. The lowest BCUT2D eigenvalue weighted by molar-refractivity contribution is -0.136. The molecule has 2 atom stereocenters. The molecule has 0 bridgehead atoms. The van der Waals surface area contributed by atoms with Crippen LogP contribution in [0, 0.1) is 0 Å². The normalized spacial score (nSPS) is 13.3. The fraction of sp³-hybridized carbons (Fsp3) is 0.462. The number of hydrogen-bond donors (Lipinski definition) is 3. The van der Waals surface area contributed by atoms with Crippen LogP contribution in [-0.2, 0) is 11.2 Å². The molecule has 0 aliphatic rings. The van der Waals surface area contributed by atoms with Crippen LogP contribution in [0.1, 0.15) is 30.1 Å². The van der Waals surface area contributed by atoms with Crippen LogP contribution in [0.4, 0.5) is 0 Å². The summed E-state index contributed by atoms with van der Waals surface area (Å²) >= 11 is 0. The van der Waals surface area contributed by atoms with Gasteiger partial charge in [-0.3, -0.25) is 4.79 Å². The first-order valence-electron chi connectivity index (χ1n) is 6.22. The van der Waals surface area contributed by atoms with Gasteiger partial charge in [0.05, 0.1) is 6.10 Å². The fourth-order valence-corrected chi connectivity index (χ4v) is 1.75. The third kappa shape index (κ3) is 5.27. The third-order valence-corrected chi connectivity index (χ3v) is 2.90. The topological polar surface area (TPSA) is 127 Å². The summed E-state index contributed by atoms with van der Waals surface area (Å²) in [5.74, 6) is -0.859. The highest BCUT2D eigenvalue weighted by atomic mass is 16.4. The Kier molecular flexibility index (Phi) is 6.52. The van der Waals surface area contributed by atoms with Crippen molar-refractivity contribution < 1.29 is 20.1 Å². The van der Waals surface area contributed by atoms with Crippen molar-refractivity contribution in [1.82, 2.24) is 0 Å². The van der Waals surface area contributed by atoms with E-state index in [4.69, 9.17) is 10.6 Å². The minimum Gasteiger partial charge on any atom is -0.481 e. The first kappa shape index (κ1) is 16.0. The van der Waals surface area contributed by atoms with Gasteiger partial charge < -0.3 is 15.3 Å². The van der Waals surface area contributed by atoms with Gasteiger partial charge in [0.2, 0.25) is 0 Å². The van der Waals surface area contributed by atoms with Crippen LogP contribution in [0.5, 0.6) is 0 Å². The highest BCUT2D eigenvalue weighted by Gasteiger charge is 2.17. The van der Waals surface area contributed by atoms with Crippen molar-refractivity contribution in [3.63, 3.8) is 0 Å². The van der Waals surface area contributed by atoms with Crippen LogP contribution < -0.4 is 0 Å². The molecule has 108 valence electrons. The number of carboxylic acids is 1. The standard InChI is InChI=1S/C13H17N3O4/c14-16-15-8-7-11(17)13(20)10-4-1-9(2-5-10)3-6-12(18)19/h1-2,4-5,11,13,17,20H,3,6-8H2,(H,18,19). The van der Waals surface area contributed by atoms with E-state index in [0.717, 1.165) is 5.56 Å². The molecule has 0 saturated heterocycles. The van der Waals surface area contributed by atoms with Gasteiger partial charge in [-0.15, -0.1) is 0 Å². The second-order valence-corrected chi connectivity index (χ2v) is 4.39. The molecule has 0 radical (unpaired) electrons. The van der Waals surface area contributed by atoms with E-state index in [9.17, 15) is 15.0 Å². The molecule has 0 aromatic heterocycles. The van der Waals surface area contributed by atoms with E-state index in [-0.39, 0.29) is 19.4 Å². The molecule has 0 heterocycles. The van der Waals surface area contributed by atoms with Crippen molar-refractivity contribution in [2.45, 2.75) is 31.5 Å². The second-order valence-electron chi connectivity index (χ2n) is 4.39. The number of aliphatic hydroxyl groups excluding tert-OH is 2. The first-order chi connectivity index (χ1) is 9.54. The molecule has 0 fully saturated rings. The Morgan fingerprint density at radius 1 is 1.30 bits per heavy atom. The highest BCUT2D eigenvalue weighted by Crippen LogP contribution is 2.20. The van der Waals surface area contributed by atoms with E-state index in [0.29, 0.717) is 12.0 Å². The van der Waals surface area contributed by atoms with Gasteiger partial charge >= 0.3 is 5.97 Å². The molecule has 1 rings (SSSR count). The summed E-state index contributed by atoms with van der Waals surface area (Å²) < 4.78 is 0. The average molecular weight is 279 g/mol. The summed E-state index contributed by atoms with van der Waals surface area (Å²) in [6.45, 7) is 0.116. The Morgan fingerprint density at radius 3 is 2.50 bits per heavy atom. The Morgan fingerprint density at radius 2 is 1.95 bits per heavy atom. The molecule has 0 amide bonds. The maximum absolute atomic E-state index is 10.5. The zero-order valence-electron chi connectivity index (χ0n) is 10.9. The number of nitrogens with zero attached hydrogens (tertiary/aromatic N) is 3. The van der Waals surface area contributed by atoms with Crippen LogP contribution in [-0.4, -0.2) is 33.9 Å². The summed E-state index contributed by atoms with van der Waals surface area (Å²) in [5, 5.41) is 31.5.